The number of benzene rings is 1. The third-order valence-corrected chi connectivity index (χ3v) is 4.15. The maximum atomic E-state index is 12.4. The van der Waals surface area contributed by atoms with E-state index in [1.165, 1.54) is 19.3 Å². The summed E-state index contributed by atoms with van der Waals surface area (Å²) in [5.41, 5.74) is 1.96. The average molecular weight is 245 g/mol. The zero-order valence-electron chi connectivity index (χ0n) is 11.6. The molecule has 1 fully saturated rings. The van der Waals surface area contributed by atoms with Gasteiger partial charge in [-0.3, -0.25) is 9.69 Å². The van der Waals surface area contributed by atoms with E-state index in [2.05, 4.69) is 18.7 Å². The van der Waals surface area contributed by atoms with E-state index in [9.17, 15) is 4.79 Å². The van der Waals surface area contributed by atoms with Crippen molar-refractivity contribution in [2.24, 2.45) is 0 Å². The maximum absolute atomic E-state index is 12.4. The van der Waals surface area contributed by atoms with Crippen LogP contribution < -0.4 is 0 Å². The number of rotatable bonds is 3. The zero-order valence-corrected chi connectivity index (χ0v) is 11.6. The number of carbonyl (C=O) groups is 1. The van der Waals surface area contributed by atoms with Gasteiger partial charge in [0.25, 0.3) is 0 Å². The van der Waals surface area contributed by atoms with Crippen molar-refractivity contribution in [2.75, 3.05) is 6.54 Å². The minimum atomic E-state index is 0.258. The molecule has 2 unspecified atom stereocenters. The SMILES string of the molecule is Cc1ccccc1C(=O)CN1C(C)CCCC1C. The van der Waals surface area contributed by atoms with Gasteiger partial charge < -0.3 is 0 Å². The van der Waals surface area contributed by atoms with E-state index >= 15 is 0 Å². The lowest BCUT2D eigenvalue weighted by Gasteiger charge is -2.38. The Hall–Kier alpha value is -1.15. The highest BCUT2D eigenvalue weighted by Gasteiger charge is 2.26. The fourth-order valence-corrected chi connectivity index (χ4v) is 2.92. The Balaban J connectivity index is 2.09. The van der Waals surface area contributed by atoms with Crippen molar-refractivity contribution in [3.05, 3.63) is 35.4 Å². The lowest BCUT2D eigenvalue weighted by atomic mass is 9.96. The van der Waals surface area contributed by atoms with Crippen LogP contribution in [0, 0.1) is 6.92 Å². The van der Waals surface area contributed by atoms with Crippen LogP contribution in [0.1, 0.15) is 49.0 Å². The van der Waals surface area contributed by atoms with Gasteiger partial charge in [-0.15, -0.1) is 0 Å². The highest BCUT2D eigenvalue weighted by Crippen LogP contribution is 2.23. The molecule has 0 saturated carbocycles. The first-order valence-electron chi connectivity index (χ1n) is 6.94. The molecular weight excluding hydrogens is 222 g/mol. The predicted molar refractivity (Wildman–Crippen MR) is 75.0 cm³/mol. The molecule has 0 spiro atoms. The van der Waals surface area contributed by atoms with Crippen LogP contribution >= 0.6 is 0 Å². The summed E-state index contributed by atoms with van der Waals surface area (Å²) in [7, 11) is 0. The van der Waals surface area contributed by atoms with Crippen LogP contribution in [0.3, 0.4) is 0 Å². The van der Waals surface area contributed by atoms with E-state index in [4.69, 9.17) is 0 Å². The number of likely N-dealkylation sites (tertiary alicyclic amines) is 1. The average Bonchev–Trinajstić information content (AvgIpc) is 2.34. The van der Waals surface area contributed by atoms with Crippen molar-refractivity contribution in [3.8, 4) is 0 Å². The van der Waals surface area contributed by atoms with E-state index in [0.717, 1.165) is 11.1 Å². The summed E-state index contributed by atoms with van der Waals surface area (Å²) in [6, 6.07) is 8.94. The molecule has 0 bridgehead atoms. The van der Waals surface area contributed by atoms with Gasteiger partial charge in [-0.05, 0) is 39.2 Å². The molecule has 1 aromatic rings. The molecule has 0 aliphatic carbocycles. The Morgan fingerprint density at radius 1 is 1.22 bits per heavy atom. The third-order valence-electron chi connectivity index (χ3n) is 4.15. The number of hydrogen-bond acceptors (Lipinski definition) is 2. The minimum absolute atomic E-state index is 0.258. The van der Waals surface area contributed by atoms with Gasteiger partial charge in [0.05, 0.1) is 6.54 Å². The van der Waals surface area contributed by atoms with Crippen molar-refractivity contribution < 1.29 is 4.79 Å². The lowest BCUT2D eigenvalue weighted by molar-refractivity contribution is 0.0734. The number of hydrogen-bond donors (Lipinski definition) is 0. The standard InChI is InChI=1S/C16H23NO/c1-12-7-4-5-10-15(12)16(18)11-17-13(2)8-6-9-14(17)3/h4-5,7,10,13-14H,6,8-9,11H2,1-3H3. The fourth-order valence-electron chi connectivity index (χ4n) is 2.92. The molecule has 0 aromatic heterocycles. The largest absolute Gasteiger partial charge is 0.293 e. The Kier molecular flexibility index (Phi) is 4.18. The first-order valence-corrected chi connectivity index (χ1v) is 6.94. The van der Waals surface area contributed by atoms with Crippen molar-refractivity contribution in [1.82, 2.24) is 4.90 Å². The summed E-state index contributed by atoms with van der Waals surface area (Å²) in [4.78, 5) is 14.7. The van der Waals surface area contributed by atoms with E-state index in [0.29, 0.717) is 18.6 Å². The lowest BCUT2D eigenvalue weighted by Crippen LogP contribution is -2.46. The van der Waals surface area contributed by atoms with E-state index in [-0.39, 0.29) is 5.78 Å². The highest BCUT2D eigenvalue weighted by molar-refractivity contribution is 5.98. The number of aryl methyl sites for hydroxylation is 1. The van der Waals surface area contributed by atoms with Crippen LogP contribution in [-0.4, -0.2) is 29.3 Å². The second-order valence-corrected chi connectivity index (χ2v) is 5.54. The van der Waals surface area contributed by atoms with Crippen LogP contribution in [0.25, 0.3) is 0 Å². The summed E-state index contributed by atoms with van der Waals surface area (Å²) in [6.07, 6.45) is 3.72. The molecule has 1 aliphatic heterocycles. The van der Waals surface area contributed by atoms with Gasteiger partial charge in [0.2, 0.25) is 0 Å². The van der Waals surface area contributed by atoms with Gasteiger partial charge in [0, 0.05) is 17.6 Å². The predicted octanol–water partition coefficient (Wildman–Crippen LogP) is 3.44. The molecule has 2 rings (SSSR count). The molecule has 1 aromatic carbocycles. The van der Waals surface area contributed by atoms with Crippen LogP contribution in [0.5, 0.6) is 0 Å². The molecule has 1 heterocycles. The van der Waals surface area contributed by atoms with E-state index < -0.39 is 0 Å². The molecule has 1 saturated heterocycles. The Bertz CT molecular complexity index is 417. The second kappa shape index (κ2) is 5.66. The molecular formula is C16H23NO. The van der Waals surface area contributed by atoms with Crippen LogP contribution in [0.15, 0.2) is 24.3 Å². The van der Waals surface area contributed by atoms with E-state index in [1.807, 2.05) is 31.2 Å². The number of piperidine rings is 1. The Morgan fingerprint density at radius 3 is 2.44 bits per heavy atom. The number of nitrogens with zero attached hydrogens (tertiary/aromatic N) is 1. The van der Waals surface area contributed by atoms with Gasteiger partial charge in [-0.1, -0.05) is 30.7 Å². The number of carbonyl (C=O) groups excluding carboxylic acids is 1. The summed E-state index contributed by atoms with van der Waals surface area (Å²) < 4.78 is 0. The fraction of sp³-hybridized carbons (Fsp3) is 0.562. The Morgan fingerprint density at radius 2 is 1.83 bits per heavy atom. The molecule has 0 radical (unpaired) electrons. The minimum Gasteiger partial charge on any atom is -0.293 e. The molecule has 0 N–H and O–H groups in total. The van der Waals surface area contributed by atoms with E-state index in [1.54, 1.807) is 0 Å². The van der Waals surface area contributed by atoms with Gasteiger partial charge in [0.1, 0.15) is 0 Å². The van der Waals surface area contributed by atoms with Crippen molar-refractivity contribution in [1.29, 1.82) is 0 Å². The normalized spacial score (nSPS) is 25.1. The van der Waals surface area contributed by atoms with Gasteiger partial charge in [0.15, 0.2) is 5.78 Å². The van der Waals surface area contributed by atoms with Crippen molar-refractivity contribution >= 4 is 5.78 Å². The molecule has 0 amide bonds. The van der Waals surface area contributed by atoms with Crippen LogP contribution in [0.2, 0.25) is 0 Å². The summed E-state index contributed by atoms with van der Waals surface area (Å²) in [5, 5.41) is 0. The number of ketones is 1. The Labute approximate surface area is 110 Å². The van der Waals surface area contributed by atoms with Gasteiger partial charge in [-0.25, -0.2) is 0 Å². The number of Topliss-reactive ketones (excluding diaryl/α,β-unsaturated/α-hetero) is 1. The quantitative estimate of drug-likeness (QED) is 0.760. The van der Waals surface area contributed by atoms with Gasteiger partial charge in [-0.2, -0.15) is 0 Å². The molecule has 1 aliphatic rings. The molecule has 2 heteroatoms. The van der Waals surface area contributed by atoms with Crippen LogP contribution in [-0.2, 0) is 0 Å². The summed E-state index contributed by atoms with van der Waals surface area (Å²) >= 11 is 0. The second-order valence-electron chi connectivity index (χ2n) is 5.54. The third kappa shape index (κ3) is 2.81. The maximum Gasteiger partial charge on any atom is 0.177 e. The first kappa shape index (κ1) is 13.3. The molecule has 2 atom stereocenters. The van der Waals surface area contributed by atoms with Crippen LogP contribution in [0.4, 0.5) is 0 Å². The van der Waals surface area contributed by atoms with Crippen molar-refractivity contribution in [2.45, 2.75) is 52.1 Å². The topological polar surface area (TPSA) is 20.3 Å². The molecule has 2 nitrogen and oxygen atoms in total. The smallest absolute Gasteiger partial charge is 0.177 e. The summed E-state index contributed by atoms with van der Waals surface area (Å²) in [6.45, 7) is 7.05. The monoisotopic (exact) mass is 245 g/mol. The summed E-state index contributed by atoms with van der Waals surface area (Å²) in [5.74, 6) is 0.258. The van der Waals surface area contributed by atoms with Crippen molar-refractivity contribution in [3.63, 3.8) is 0 Å². The molecule has 98 valence electrons. The highest BCUT2D eigenvalue weighted by atomic mass is 16.1. The molecule has 18 heavy (non-hydrogen) atoms. The van der Waals surface area contributed by atoms with Gasteiger partial charge >= 0.3 is 0 Å². The first-order chi connectivity index (χ1) is 8.59. The zero-order chi connectivity index (χ0) is 13.1.